The maximum atomic E-state index is 5.28. The zero-order valence-corrected chi connectivity index (χ0v) is 10.6. The molecule has 0 saturated heterocycles. The van der Waals surface area contributed by atoms with Crippen LogP contribution in [0.1, 0.15) is 24.7 Å². The molecule has 96 valence electrons. The van der Waals surface area contributed by atoms with Crippen molar-refractivity contribution in [1.29, 1.82) is 0 Å². The Kier molecular flexibility index (Phi) is 2.79. The van der Waals surface area contributed by atoms with E-state index in [1.807, 2.05) is 24.6 Å². The molecule has 3 rings (SSSR count). The lowest BCUT2D eigenvalue weighted by Crippen LogP contribution is -2.07. The summed E-state index contributed by atoms with van der Waals surface area (Å²) < 4.78 is 7.25. The Morgan fingerprint density at radius 1 is 1.32 bits per heavy atom. The van der Waals surface area contributed by atoms with E-state index in [1.165, 1.54) is 0 Å². The molecule has 1 atom stereocenters. The van der Waals surface area contributed by atoms with E-state index in [-0.39, 0.29) is 6.04 Å². The van der Waals surface area contributed by atoms with Gasteiger partial charge in [-0.15, -0.1) is 5.10 Å². The maximum Gasteiger partial charge on any atom is 0.249 e. The molecule has 0 radical (unpaired) electrons. The zero-order valence-electron chi connectivity index (χ0n) is 10.6. The van der Waals surface area contributed by atoms with Crippen LogP contribution in [0.25, 0.3) is 11.5 Å². The minimum Gasteiger partial charge on any atom is -0.337 e. The number of aromatic nitrogens is 6. The van der Waals surface area contributed by atoms with Gasteiger partial charge in [0.25, 0.3) is 0 Å². The quantitative estimate of drug-likeness (QED) is 0.708. The van der Waals surface area contributed by atoms with Gasteiger partial charge in [-0.05, 0) is 26.0 Å². The largest absolute Gasteiger partial charge is 0.337 e. The van der Waals surface area contributed by atoms with Crippen LogP contribution in [-0.2, 0) is 0 Å². The van der Waals surface area contributed by atoms with Crippen LogP contribution in [-0.4, -0.2) is 29.9 Å². The molecule has 3 aromatic rings. The third kappa shape index (κ3) is 2.10. The number of nitrogens with zero attached hydrogens (tertiary/aromatic N) is 6. The molecule has 0 N–H and O–H groups in total. The van der Waals surface area contributed by atoms with Gasteiger partial charge in [-0.2, -0.15) is 10.1 Å². The Morgan fingerprint density at radius 2 is 2.21 bits per heavy atom. The highest BCUT2D eigenvalue weighted by molar-refractivity contribution is 5.46. The summed E-state index contributed by atoms with van der Waals surface area (Å²) in [5.74, 6) is 1.85. The van der Waals surface area contributed by atoms with Gasteiger partial charge in [0.15, 0.2) is 0 Å². The molecule has 7 nitrogen and oxygen atoms in total. The van der Waals surface area contributed by atoms with E-state index in [0.717, 1.165) is 5.82 Å². The van der Waals surface area contributed by atoms with Crippen LogP contribution in [0.15, 0.2) is 35.2 Å². The molecule has 0 amide bonds. The molecule has 0 aromatic carbocycles. The summed E-state index contributed by atoms with van der Waals surface area (Å²) in [7, 11) is 0. The van der Waals surface area contributed by atoms with Gasteiger partial charge >= 0.3 is 0 Å². The molecule has 0 bridgehead atoms. The molecule has 3 heterocycles. The van der Waals surface area contributed by atoms with Gasteiger partial charge < -0.3 is 9.09 Å². The van der Waals surface area contributed by atoms with Crippen LogP contribution >= 0.6 is 0 Å². The summed E-state index contributed by atoms with van der Waals surface area (Å²) >= 11 is 0. The number of imidazole rings is 1. The van der Waals surface area contributed by atoms with Gasteiger partial charge in [-0.25, -0.2) is 4.98 Å². The van der Waals surface area contributed by atoms with Crippen molar-refractivity contribution in [2.24, 2.45) is 0 Å². The lowest BCUT2D eigenvalue weighted by Gasteiger charge is -2.09. The topological polar surface area (TPSA) is 82.5 Å². The lowest BCUT2D eigenvalue weighted by atomic mass is 10.3. The number of aryl methyl sites for hydroxylation is 1. The zero-order chi connectivity index (χ0) is 13.2. The second-order valence-electron chi connectivity index (χ2n) is 4.12. The van der Waals surface area contributed by atoms with Crippen molar-refractivity contribution in [3.05, 3.63) is 42.4 Å². The Balaban J connectivity index is 1.92. The first-order chi connectivity index (χ1) is 9.25. The van der Waals surface area contributed by atoms with E-state index in [9.17, 15) is 0 Å². The first-order valence-electron chi connectivity index (χ1n) is 5.87. The van der Waals surface area contributed by atoms with Crippen molar-refractivity contribution in [2.75, 3.05) is 0 Å². The molecule has 0 saturated carbocycles. The second-order valence-corrected chi connectivity index (χ2v) is 4.12. The van der Waals surface area contributed by atoms with Crippen molar-refractivity contribution in [1.82, 2.24) is 29.9 Å². The van der Waals surface area contributed by atoms with Gasteiger partial charge in [-0.3, -0.25) is 0 Å². The van der Waals surface area contributed by atoms with E-state index >= 15 is 0 Å². The van der Waals surface area contributed by atoms with E-state index in [2.05, 4.69) is 25.3 Å². The van der Waals surface area contributed by atoms with Crippen LogP contribution < -0.4 is 0 Å². The van der Waals surface area contributed by atoms with Crippen molar-refractivity contribution >= 4 is 0 Å². The van der Waals surface area contributed by atoms with E-state index in [1.54, 1.807) is 24.5 Å². The Hall–Kier alpha value is -2.57. The Morgan fingerprint density at radius 3 is 2.89 bits per heavy atom. The average Bonchev–Trinajstić information content (AvgIpc) is 3.08. The predicted octanol–water partition coefficient (Wildman–Crippen LogP) is 1.64. The molecular formula is C12H12N6O. The summed E-state index contributed by atoms with van der Waals surface area (Å²) in [6, 6.07) is 3.50. The summed E-state index contributed by atoms with van der Waals surface area (Å²) in [4.78, 5) is 8.53. The van der Waals surface area contributed by atoms with Crippen LogP contribution in [0, 0.1) is 6.92 Å². The van der Waals surface area contributed by atoms with Gasteiger partial charge in [0, 0.05) is 18.6 Å². The molecule has 7 heteroatoms. The summed E-state index contributed by atoms with van der Waals surface area (Å²) in [5.41, 5.74) is 0.590. The third-order valence-corrected chi connectivity index (χ3v) is 2.88. The lowest BCUT2D eigenvalue weighted by molar-refractivity contribution is 0.344. The molecule has 0 spiro atoms. The Bertz CT molecular complexity index is 674. The van der Waals surface area contributed by atoms with Crippen LogP contribution in [0.2, 0.25) is 0 Å². The standard InChI is InChI=1S/C12H12N6O/c1-8(18-7-6-13-9(18)2)12-15-11(17-19-12)10-4-3-5-14-16-10/h3-8H,1-2H3/t8-/m1/s1. The normalized spacial score (nSPS) is 12.5. The second kappa shape index (κ2) is 4.60. The van der Waals surface area contributed by atoms with Crippen LogP contribution in [0.4, 0.5) is 0 Å². The highest BCUT2D eigenvalue weighted by Gasteiger charge is 2.18. The van der Waals surface area contributed by atoms with Gasteiger partial charge in [0.05, 0.1) is 0 Å². The van der Waals surface area contributed by atoms with Gasteiger partial charge in [0.1, 0.15) is 17.6 Å². The molecule has 19 heavy (non-hydrogen) atoms. The summed E-state index contributed by atoms with van der Waals surface area (Å²) in [6.07, 6.45) is 5.22. The van der Waals surface area contributed by atoms with E-state index < -0.39 is 0 Å². The minimum absolute atomic E-state index is 0.0691. The molecule has 0 aliphatic carbocycles. The number of hydrogen-bond donors (Lipinski definition) is 0. The SMILES string of the molecule is Cc1nccn1[C@H](C)c1nc(-c2cccnn2)no1. The summed E-state index contributed by atoms with van der Waals surface area (Å²) in [5, 5.41) is 11.7. The third-order valence-electron chi connectivity index (χ3n) is 2.88. The van der Waals surface area contributed by atoms with Crippen molar-refractivity contribution in [3.8, 4) is 11.5 Å². The first kappa shape index (κ1) is 11.5. The smallest absolute Gasteiger partial charge is 0.249 e. The first-order valence-corrected chi connectivity index (χ1v) is 5.87. The van der Waals surface area contributed by atoms with Crippen molar-refractivity contribution in [3.63, 3.8) is 0 Å². The van der Waals surface area contributed by atoms with Crippen molar-refractivity contribution in [2.45, 2.75) is 19.9 Å². The van der Waals surface area contributed by atoms with Crippen LogP contribution in [0.5, 0.6) is 0 Å². The highest BCUT2D eigenvalue weighted by atomic mass is 16.5. The summed E-state index contributed by atoms with van der Waals surface area (Å²) in [6.45, 7) is 3.90. The van der Waals surface area contributed by atoms with E-state index in [4.69, 9.17) is 4.52 Å². The minimum atomic E-state index is -0.0691. The molecular weight excluding hydrogens is 244 g/mol. The predicted molar refractivity (Wildman–Crippen MR) is 66.1 cm³/mol. The fourth-order valence-electron chi connectivity index (χ4n) is 1.85. The Labute approximate surface area is 109 Å². The van der Waals surface area contributed by atoms with Gasteiger partial charge in [0.2, 0.25) is 11.7 Å². The maximum absolute atomic E-state index is 5.28. The highest BCUT2D eigenvalue weighted by Crippen LogP contribution is 2.20. The van der Waals surface area contributed by atoms with E-state index in [0.29, 0.717) is 17.4 Å². The fraction of sp³-hybridized carbons (Fsp3) is 0.250. The fourth-order valence-corrected chi connectivity index (χ4v) is 1.85. The number of hydrogen-bond acceptors (Lipinski definition) is 6. The molecule has 0 aliphatic rings. The molecule has 3 aromatic heterocycles. The average molecular weight is 256 g/mol. The molecule has 0 fully saturated rings. The van der Waals surface area contributed by atoms with Crippen LogP contribution in [0.3, 0.4) is 0 Å². The van der Waals surface area contributed by atoms with Crippen molar-refractivity contribution < 1.29 is 4.52 Å². The molecule has 0 unspecified atom stereocenters. The number of rotatable bonds is 3. The van der Waals surface area contributed by atoms with Gasteiger partial charge in [-0.1, -0.05) is 5.16 Å². The molecule has 0 aliphatic heterocycles. The monoisotopic (exact) mass is 256 g/mol.